The molecular formula is C19H26N2O6. The van der Waals surface area contributed by atoms with E-state index in [9.17, 15) is 19.5 Å². The summed E-state index contributed by atoms with van der Waals surface area (Å²) < 4.78 is 9.89. The van der Waals surface area contributed by atoms with Crippen molar-refractivity contribution in [3.05, 3.63) is 35.9 Å². The van der Waals surface area contributed by atoms with E-state index in [-0.39, 0.29) is 18.4 Å². The van der Waals surface area contributed by atoms with Crippen molar-refractivity contribution >= 4 is 18.0 Å². The standard InChI is InChI=1S/C19H26N2O6/c1-13(22)16(18(24)26-2)20-17(23)15-8-10-21(11-9-15)19(25)27-12-14-6-4-3-5-7-14/h3-7,13,15-16,22H,8-12H2,1-2H3,(H,20,23)/t13-,16-/m0/s1. The number of amides is 2. The number of hydrogen-bond acceptors (Lipinski definition) is 6. The molecule has 1 aliphatic rings. The predicted molar refractivity (Wildman–Crippen MR) is 96.6 cm³/mol. The van der Waals surface area contributed by atoms with Gasteiger partial charge < -0.3 is 24.8 Å². The van der Waals surface area contributed by atoms with Gasteiger partial charge in [0.2, 0.25) is 5.91 Å². The number of hydrogen-bond donors (Lipinski definition) is 2. The average Bonchev–Trinajstić information content (AvgIpc) is 2.70. The van der Waals surface area contributed by atoms with E-state index in [2.05, 4.69) is 10.1 Å². The molecule has 0 radical (unpaired) electrons. The zero-order chi connectivity index (χ0) is 19.8. The summed E-state index contributed by atoms with van der Waals surface area (Å²) >= 11 is 0. The number of piperidine rings is 1. The Morgan fingerprint density at radius 3 is 2.41 bits per heavy atom. The van der Waals surface area contributed by atoms with Gasteiger partial charge in [-0.2, -0.15) is 0 Å². The van der Waals surface area contributed by atoms with Crippen LogP contribution in [0.5, 0.6) is 0 Å². The monoisotopic (exact) mass is 378 g/mol. The molecule has 0 spiro atoms. The van der Waals surface area contributed by atoms with Crippen molar-refractivity contribution in [1.29, 1.82) is 0 Å². The Labute approximate surface area is 158 Å². The van der Waals surface area contributed by atoms with Crippen molar-refractivity contribution in [3.8, 4) is 0 Å². The maximum Gasteiger partial charge on any atom is 0.410 e. The lowest BCUT2D eigenvalue weighted by molar-refractivity contribution is -0.148. The summed E-state index contributed by atoms with van der Waals surface area (Å²) in [5.74, 6) is -1.36. The first kappa shape index (κ1) is 20.7. The quantitative estimate of drug-likeness (QED) is 0.718. The van der Waals surface area contributed by atoms with Crippen LogP contribution in [0.1, 0.15) is 25.3 Å². The molecule has 1 heterocycles. The van der Waals surface area contributed by atoms with Gasteiger partial charge >= 0.3 is 12.1 Å². The molecule has 2 atom stereocenters. The zero-order valence-corrected chi connectivity index (χ0v) is 15.6. The maximum atomic E-state index is 12.4. The van der Waals surface area contributed by atoms with Gasteiger partial charge in [0.15, 0.2) is 6.04 Å². The highest BCUT2D eigenvalue weighted by Crippen LogP contribution is 2.19. The molecule has 148 valence electrons. The molecular weight excluding hydrogens is 352 g/mol. The summed E-state index contributed by atoms with van der Waals surface area (Å²) in [5, 5.41) is 12.2. The van der Waals surface area contributed by atoms with Crippen LogP contribution in [0, 0.1) is 5.92 Å². The van der Waals surface area contributed by atoms with Crippen LogP contribution in [0.4, 0.5) is 4.79 Å². The third-order valence-electron chi connectivity index (χ3n) is 4.56. The fourth-order valence-electron chi connectivity index (χ4n) is 2.91. The molecule has 1 aliphatic heterocycles. The molecule has 1 aromatic carbocycles. The molecule has 1 saturated heterocycles. The number of carbonyl (C=O) groups excluding carboxylic acids is 3. The third kappa shape index (κ3) is 5.96. The summed E-state index contributed by atoms with van der Waals surface area (Å²) in [6, 6.07) is 8.30. The van der Waals surface area contributed by atoms with Crippen LogP contribution < -0.4 is 5.32 Å². The third-order valence-corrected chi connectivity index (χ3v) is 4.56. The second kappa shape index (κ2) is 9.91. The highest BCUT2D eigenvalue weighted by molar-refractivity contribution is 5.86. The van der Waals surface area contributed by atoms with Gasteiger partial charge in [-0.1, -0.05) is 30.3 Å². The molecule has 27 heavy (non-hydrogen) atoms. The van der Waals surface area contributed by atoms with E-state index in [1.165, 1.54) is 14.0 Å². The summed E-state index contributed by atoms with van der Waals surface area (Å²) in [7, 11) is 1.20. The van der Waals surface area contributed by atoms with E-state index in [0.717, 1.165) is 5.56 Å². The normalized spacial score (nSPS) is 16.9. The number of nitrogens with zero attached hydrogens (tertiary/aromatic N) is 1. The van der Waals surface area contributed by atoms with Crippen molar-refractivity contribution in [3.63, 3.8) is 0 Å². The Balaban J connectivity index is 1.79. The average molecular weight is 378 g/mol. The summed E-state index contributed by atoms with van der Waals surface area (Å²) in [4.78, 5) is 37.7. The van der Waals surface area contributed by atoms with Crippen LogP contribution in [-0.2, 0) is 25.7 Å². The fourth-order valence-corrected chi connectivity index (χ4v) is 2.91. The summed E-state index contributed by atoms with van der Waals surface area (Å²) in [6.45, 7) is 2.40. The minimum absolute atomic E-state index is 0.204. The number of carbonyl (C=O) groups is 3. The Morgan fingerprint density at radius 2 is 1.85 bits per heavy atom. The Morgan fingerprint density at radius 1 is 1.22 bits per heavy atom. The van der Waals surface area contributed by atoms with Gasteiger partial charge in [-0.05, 0) is 25.3 Å². The van der Waals surface area contributed by atoms with Crippen molar-refractivity contribution < 1.29 is 29.0 Å². The number of methoxy groups -OCH3 is 1. The predicted octanol–water partition coefficient (Wildman–Crippen LogP) is 1.07. The summed E-state index contributed by atoms with van der Waals surface area (Å²) in [5.41, 5.74) is 0.909. The van der Waals surface area contributed by atoms with E-state index in [4.69, 9.17) is 4.74 Å². The lowest BCUT2D eigenvalue weighted by Crippen LogP contribution is -2.51. The number of ether oxygens (including phenoxy) is 2. The largest absolute Gasteiger partial charge is 0.467 e. The van der Waals surface area contributed by atoms with Gasteiger partial charge in [-0.15, -0.1) is 0 Å². The van der Waals surface area contributed by atoms with Crippen molar-refractivity contribution in [2.45, 2.75) is 38.5 Å². The van der Waals surface area contributed by atoms with Gasteiger partial charge in [0, 0.05) is 19.0 Å². The smallest absolute Gasteiger partial charge is 0.410 e. The minimum Gasteiger partial charge on any atom is -0.467 e. The van der Waals surface area contributed by atoms with Crippen LogP contribution in [0.2, 0.25) is 0 Å². The van der Waals surface area contributed by atoms with E-state index < -0.39 is 24.2 Å². The number of esters is 1. The molecule has 2 N–H and O–H groups in total. The number of aliphatic hydroxyl groups excluding tert-OH is 1. The molecule has 0 unspecified atom stereocenters. The van der Waals surface area contributed by atoms with Gasteiger partial charge in [0.1, 0.15) is 6.61 Å². The maximum absolute atomic E-state index is 12.4. The van der Waals surface area contributed by atoms with Crippen molar-refractivity contribution in [2.24, 2.45) is 5.92 Å². The SMILES string of the molecule is COC(=O)[C@@H](NC(=O)C1CCN(C(=O)OCc2ccccc2)CC1)[C@H](C)O. The van der Waals surface area contributed by atoms with E-state index >= 15 is 0 Å². The molecule has 1 fully saturated rings. The second-order valence-corrected chi connectivity index (χ2v) is 6.55. The molecule has 8 heteroatoms. The number of benzene rings is 1. The Bertz CT molecular complexity index is 641. The minimum atomic E-state index is -1.10. The topological polar surface area (TPSA) is 105 Å². The van der Waals surface area contributed by atoms with Gasteiger partial charge in [0.25, 0.3) is 0 Å². The first-order valence-corrected chi connectivity index (χ1v) is 8.94. The zero-order valence-electron chi connectivity index (χ0n) is 15.6. The van der Waals surface area contributed by atoms with Crippen LogP contribution in [0.25, 0.3) is 0 Å². The first-order chi connectivity index (χ1) is 12.9. The van der Waals surface area contributed by atoms with Gasteiger partial charge in [-0.3, -0.25) is 4.79 Å². The molecule has 0 saturated carbocycles. The molecule has 0 aliphatic carbocycles. The number of rotatable bonds is 6. The van der Waals surface area contributed by atoms with E-state index in [1.807, 2.05) is 30.3 Å². The van der Waals surface area contributed by atoms with Crippen molar-refractivity contribution in [2.75, 3.05) is 20.2 Å². The molecule has 8 nitrogen and oxygen atoms in total. The first-order valence-electron chi connectivity index (χ1n) is 8.94. The van der Waals surface area contributed by atoms with Gasteiger partial charge in [0.05, 0.1) is 13.2 Å². The molecule has 2 amide bonds. The number of aliphatic hydroxyl groups is 1. The lowest BCUT2D eigenvalue weighted by Gasteiger charge is -2.31. The molecule has 2 rings (SSSR count). The van der Waals surface area contributed by atoms with Gasteiger partial charge in [-0.25, -0.2) is 9.59 Å². The van der Waals surface area contributed by atoms with Crippen molar-refractivity contribution in [1.82, 2.24) is 10.2 Å². The van der Waals surface area contributed by atoms with E-state index in [1.54, 1.807) is 4.90 Å². The van der Waals surface area contributed by atoms with Crippen LogP contribution in [0.15, 0.2) is 30.3 Å². The lowest BCUT2D eigenvalue weighted by atomic mass is 9.95. The highest BCUT2D eigenvalue weighted by atomic mass is 16.6. The highest BCUT2D eigenvalue weighted by Gasteiger charge is 2.32. The van der Waals surface area contributed by atoms with Crippen LogP contribution in [-0.4, -0.2) is 60.3 Å². The second-order valence-electron chi connectivity index (χ2n) is 6.55. The Hall–Kier alpha value is -2.61. The van der Waals surface area contributed by atoms with Crippen LogP contribution >= 0.6 is 0 Å². The number of nitrogens with one attached hydrogen (secondary N) is 1. The molecule has 0 bridgehead atoms. The van der Waals surface area contributed by atoms with E-state index in [0.29, 0.717) is 25.9 Å². The molecule has 1 aromatic rings. The summed E-state index contributed by atoms with van der Waals surface area (Å²) in [6.07, 6.45) is -0.552. The van der Waals surface area contributed by atoms with Crippen LogP contribution in [0.3, 0.4) is 0 Å². The number of likely N-dealkylation sites (tertiary alicyclic amines) is 1. The molecule has 0 aromatic heterocycles. The Kier molecular flexibility index (Phi) is 7.60. The fraction of sp³-hybridized carbons (Fsp3) is 0.526.